The van der Waals surface area contributed by atoms with E-state index in [-0.39, 0.29) is 18.1 Å². The molecule has 172 valence electrons. The molecule has 1 aliphatic heterocycles. The highest BCUT2D eigenvalue weighted by molar-refractivity contribution is 7.10. The summed E-state index contributed by atoms with van der Waals surface area (Å²) in [7, 11) is 1.88. The van der Waals surface area contributed by atoms with Crippen LogP contribution in [0.1, 0.15) is 41.3 Å². The predicted octanol–water partition coefficient (Wildman–Crippen LogP) is 3.11. The van der Waals surface area contributed by atoms with Gasteiger partial charge in [-0.3, -0.25) is 9.48 Å². The van der Waals surface area contributed by atoms with Gasteiger partial charge in [0.2, 0.25) is 5.88 Å². The predicted molar refractivity (Wildman–Crippen MR) is 125 cm³/mol. The van der Waals surface area contributed by atoms with Crippen LogP contribution in [0.3, 0.4) is 0 Å². The quantitative estimate of drug-likeness (QED) is 0.450. The molecule has 5 heterocycles. The van der Waals surface area contributed by atoms with E-state index in [0.717, 1.165) is 28.0 Å². The highest BCUT2D eigenvalue weighted by Gasteiger charge is 2.23. The normalized spacial score (nSPS) is 16.1. The molecule has 1 saturated heterocycles. The second kappa shape index (κ2) is 8.95. The molecule has 9 nitrogen and oxygen atoms in total. The van der Waals surface area contributed by atoms with E-state index in [9.17, 15) is 4.79 Å². The number of nitrogens with zero attached hydrogens (tertiary/aromatic N) is 5. The standard InChI is InChI=1S/C23H26N6O3S/c1-14(2)25-22(30)15-8-18(33-13-15)9-20-26-19-4-6-29(16-10-24-28(3)11-16)21(19)23(27-20)32-17-5-7-31-12-17/h4,6,8,10-11,13-14,17H,5,7,9,12H2,1-3H3,(H,25,30)/t17-/m0/s1. The molecule has 10 heteroatoms. The first kappa shape index (κ1) is 21.6. The number of ether oxygens (including phenoxy) is 2. The molecular weight excluding hydrogens is 440 g/mol. The van der Waals surface area contributed by atoms with Crippen molar-refractivity contribution in [3.05, 3.63) is 52.4 Å². The number of carbonyl (C=O) groups excluding carboxylic acids is 1. The molecule has 0 bridgehead atoms. The number of hydrogen-bond donors (Lipinski definition) is 1. The molecule has 4 aromatic rings. The first-order valence-electron chi connectivity index (χ1n) is 11.0. The highest BCUT2D eigenvalue weighted by Crippen LogP contribution is 2.29. The third-order valence-corrected chi connectivity index (χ3v) is 6.29. The fourth-order valence-corrected chi connectivity index (χ4v) is 4.69. The van der Waals surface area contributed by atoms with Crippen molar-refractivity contribution in [1.29, 1.82) is 0 Å². The lowest BCUT2D eigenvalue weighted by Crippen LogP contribution is -2.29. The summed E-state index contributed by atoms with van der Waals surface area (Å²) < 4.78 is 15.5. The van der Waals surface area contributed by atoms with Gasteiger partial charge in [-0.2, -0.15) is 10.1 Å². The van der Waals surface area contributed by atoms with Gasteiger partial charge in [0, 0.05) is 48.6 Å². The van der Waals surface area contributed by atoms with E-state index in [1.54, 1.807) is 10.9 Å². The maximum Gasteiger partial charge on any atom is 0.252 e. The Labute approximate surface area is 195 Å². The van der Waals surface area contributed by atoms with Crippen molar-refractivity contribution < 1.29 is 14.3 Å². The number of hydrogen-bond acceptors (Lipinski definition) is 7. The molecule has 1 amide bonds. The second-order valence-electron chi connectivity index (χ2n) is 8.45. The topological polar surface area (TPSA) is 96.1 Å². The number of aromatic nitrogens is 5. The summed E-state index contributed by atoms with van der Waals surface area (Å²) in [5.41, 5.74) is 3.18. The Morgan fingerprint density at radius 3 is 3.00 bits per heavy atom. The van der Waals surface area contributed by atoms with E-state index in [2.05, 4.69) is 10.4 Å². The van der Waals surface area contributed by atoms with Gasteiger partial charge >= 0.3 is 0 Å². The van der Waals surface area contributed by atoms with Crippen LogP contribution >= 0.6 is 11.3 Å². The van der Waals surface area contributed by atoms with E-state index in [1.807, 2.05) is 55.4 Å². The average molecular weight is 467 g/mol. The number of amides is 1. The minimum atomic E-state index is -0.0670. The first-order valence-corrected chi connectivity index (χ1v) is 11.8. The van der Waals surface area contributed by atoms with Crippen LogP contribution in [0.5, 0.6) is 5.88 Å². The van der Waals surface area contributed by atoms with Crippen LogP contribution in [0.15, 0.2) is 36.1 Å². The lowest BCUT2D eigenvalue weighted by atomic mass is 10.2. The van der Waals surface area contributed by atoms with Gasteiger partial charge in [0.05, 0.1) is 36.2 Å². The molecule has 0 radical (unpaired) electrons. The zero-order chi connectivity index (χ0) is 22.9. The molecule has 0 aromatic carbocycles. The van der Waals surface area contributed by atoms with Crippen LogP contribution in [0, 0.1) is 0 Å². The summed E-state index contributed by atoms with van der Waals surface area (Å²) in [4.78, 5) is 22.9. The molecule has 0 spiro atoms. The van der Waals surface area contributed by atoms with E-state index in [4.69, 9.17) is 19.4 Å². The zero-order valence-electron chi connectivity index (χ0n) is 18.8. The van der Waals surface area contributed by atoms with Crippen molar-refractivity contribution in [3.63, 3.8) is 0 Å². The third kappa shape index (κ3) is 4.62. The molecule has 4 aromatic heterocycles. The van der Waals surface area contributed by atoms with Crippen LogP contribution in [0.2, 0.25) is 0 Å². The molecular formula is C23H26N6O3S. The summed E-state index contributed by atoms with van der Waals surface area (Å²) in [6, 6.07) is 3.96. The Balaban J connectivity index is 1.48. The lowest BCUT2D eigenvalue weighted by molar-refractivity contribution is 0.0943. The number of fused-ring (bicyclic) bond motifs is 1. The van der Waals surface area contributed by atoms with Gasteiger partial charge in [0.25, 0.3) is 5.91 Å². The van der Waals surface area contributed by atoms with E-state index in [0.29, 0.717) is 36.9 Å². The van der Waals surface area contributed by atoms with Crippen molar-refractivity contribution in [2.75, 3.05) is 13.2 Å². The van der Waals surface area contributed by atoms with Crippen molar-refractivity contribution in [1.82, 2.24) is 29.6 Å². The van der Waals surface area contributed by atoms with Crippen molar-refractivity contribution in [3.8, 4) is 11.6 Å². The molecule has 1 atom stereocenters. The largest absolute Gasteiger partial charge is 0.470 e. The number of aryl methyl sites for hydroxylation is 1. The molecule has 0 unspecified atom stereocenters. The Bertz CT molecular complexity index is 1280. The Morgan fingerprint density at radius 2 is 2.27 bits per heavy atom. The minimum Gasteiger partial charge on any atom is -0.470 e. The molecule has 5 rings (SSSR count). The van der Waals surface area contributed by atoms with Crippen molar-refractivity contribution >= 4 is 28.3 Å². The van der Waals surface area contributed by atoms with Gasteiger partial charge in [-0.25, -0.2) is 4.98 Å². The maximum absolute atomic E-state index is 12.3. The zero-order valence-corrected chi connectivity index (χ0v) is 19.6. The van der Waals surface area contributed by atoms with Gasteiger partial charge < -0.3 is 19.4 Å². The van der Waals surface area contributed by atoms with Gasteiger partial charge in [-0.05, 0) is 26.0 Å². The molecule has 1 N–H and O–H groups in total. The maximum atomic E-state index is 12.3. The lowest BCUT2D eigenvalue weighted by Gasteiger charge is -2.14. The minimum absolute atomic E-state index is 0.0405. The van der Waals surface area contributed by atoms with Crippen LogP contribution in [0.25, 0.3) is 16.7 Å². The summed E-state index contributed by atoms with van der Waals surface area (Å²) in [5.74, 6) is 1.12. The van der Waals surface area contributed by atoms with E-state index >= 15 is 0 Å². The van der Waals surface area contributed by atoms with Crippen LogP contribution in [0.4, 0.5) is 0 Å². The summed E-state index contributed by atoms with van der Waals surface area (Å²) in [5, 5.41) is 9.08. The van der Waals surface area contributed by atoms with Crippen LogP contribution in [-0.2, 0) is 18.2 Å². The molecule has 0 saturated carbocycles. The second-order valence-corrected chi connectivity index (χ2v) is 9.44. The molecule has 1 fully saturated rings. The molecule has 33 heavy (non-hydrogen) atoms. The Kier molecular flexibility index (Phi) is 5.86. The smallest absolute Gasteiger partial charge is 0.252 e. The monoisotopic (exact) mass is 466 g/mol. The van der Waals surface area contributed by atoms with Gasteiger partial charge in [0.1, 0.15) is 17.4 Å². The van der Waals surface area contributed by atoms with Gasteiger partial charge in [-0.1, -0.05) is 0 Å². The third-order valence-electron chi connectivity index (χ3n) is 5.35. The SMILES string of the molecule is CC(C)NC(=O)c1csc(Cc2nc(O[C@H]3CCOC3)c3c(ccn3-c3cnn(C)c3)n2)c1. The van der Waals surface area contributed by atoms with Crippen molar-refractivity contribution in [2.24, 2.45) is 7.05 Å². The van der Waals surface area contributed by atoms with Gasteiger partial charge in [-0.15, -0.1) is 11.3 Å². The van der Waals surface area contributed by atoms with Crippen molar-refractivity contribution in [2.45, 2.75) is 38.8 Å². The number of thiophene rings is 1. The summed E-state index contributed by atoms with van der Waals surface area (Å²) in [6.07, 6.45) is 6.99. The van der Waals surface area contributed by atoms with E-state index in [1.165, 1.54) is 11.3 Å². The Morgan fingerprint density at radius 1 is 1.39 bits per heavy atom. The van der Waals surface area contributed by atoms with Crippen LogP contribution < -0.4 is 10.1 Å². The average Bonchev–Trinajstić information content (AvgIpc) is 3.54. The Hall–Kier alpha value is -3.24. The molecule has 0 aliphatic carbocycles. The fourth-order valence-electron chi connectivity index (χ4n) is 3.83. The van der Waals surface area contributed by atoms with Crippen LogP contribution in [-0.4, -0.2) is 55.6 Å². The number of carbonyl (C=O) groups is 1. The fraction of sp³-hybridized carbons (Fsp3) is 0.391. The van der Waals surface area contributed by atoms with E-state index < -0.39 is 0 Å². The molecule has 1 aliphatic rings. The summed E-state index contributed by atoms with van der Waals surface area (Å²) >= 11 is 1.53. The number of rotatable bonds is 7. The number of nitrogens with one attached hydrogen (secondary N) is 1. The van der Waals surface area contributed by atoms with Gasteiger partial charge in [0.15, 0.2) is 0 Å². The first-order chi connectivity index (χ1) is 16.0. The highest BCUT2D eigenvalue weighted by atomic mass is 32.1. The summed E-state index contributed by atoms with van der Waals surface area (Å²) in [6.45, 7) is 5.13.